The Kier molecular flexibility index (Phi) is 7.65. The van der Waals surface area contributed by atoms with Crippen LogP contribution in [-0.4, -0.2) is 30.6 Å². The predicted octanol–water partition coefficient (Wildman–Crippen LogP) is 3.29. The average molecular weight is 466 g/mol. The van der Waals surface area contributed by atoms with E-state index in [2.05, 4.69) is 24.1 Å². The molecular formula is C26H35N5O3. The molecule has 8 nitrogen and oxygen atoms in total. The number of nitrogens with one attached hydrogen (secondary N) is 1. The Morgan fingerprint density at radius 2 is 1.76 bits per heavy atom. The van der Waals surface area contributed by atoms with E-state index in [-0.39, 0.29) is 25.0 Å². The van der Waals surface area contributed by atoms with Gasteiger partial charge in [0.25, 0.3) is 5.56 Å². The molecule has 1 aliphatic rings. The molecular weight excluding hydrogens is 430 g/mol. The zero-order valence-electron chi connectivity index (χ0n) is 20.2. The molecule has 1 saturated carbocycles. The zero-order valence-corrected chi connectivity index (χ0v) is 20.2. The highest BCUT2D eigenvalue weighted by atomic mass is 16.2. The molecule has 2 heterocycles. The van der Waals surface area contributed by atoms with Gasteiger partial charge in [0.1, 0.15) is 6.54 Å². The van der Waals surface area contributed by atoms with Gasteiger partial charge in [0.15, 0.2) is 11.2 Å². The number of nitrogens with zero attached hydrogens (tertiary/aromatic N) is 4. The molecule has 2 aromatic heterocycles. The third-order valence-electron chi connectivity index (χ3n) is 6.64. The fraction of sp³-hybridized carbons (Fsp3) is 0.538. The standard InChI is InChI=1S/C26H35N5O3/c1-19(2)14-15-29-18-27-24-23(29)25(33)31(17-22(32)28-21-12-8-3-4-9-13-21)26(34)30(24)16-20-10-6-5-7-11-20/h5-7,10-11,18-19,21H,3-4,8-9,12-17H2,1-2H3,(H,28,32). The predicted molar refractivity (Wildman–Crippen MR) is 133 cm³/mol. The molecule has 1 aliphatic carbocycles. The van der Waals surface area contributed by atoms with E-state index in [0.29, 0.717) is 23.6 Å². The summed E-state index contributed by atoms with van der Waals surface area (Å²) in [5, 5.41) is 3.06. The molecule has 0 bridgehead atoms. The van der Waals surface area contributed by atoms with Gasteiger partial charge in [0.05, 0.1) is 12.9 Å². The van der Waals surface area contributed by atoms with Crippen LogP contribution < -0.4 is 16.6 Å². The molecule has 8 heteroatoms. The van der Waals surface area contributed by atoms with E-state index in [9.17, 15) is 14.4 Å². The lowest BCUT2D eigenvalue weighted by atomic mass is 10.1. The Morgan fingerprint density at radius 1 is 1.06 bits per heavy atom. The van der Waals surface area contributed by atoms with Crippen molar-refractivity contribution in [3.05, 3.63) is 63.1 Å². The van der Waals surface area contributed by atoms with Crippen LogP contribution in [0.1, 0.15) is 64.4 Å². The zero-order chi connectivity index (χ0) is 24.1. The first-order valence-corrected chi connectivity index (χ1v) is 12.5. The van der Waals surface area contributed by atoms with Crippen LogP contribution in [0.25, 0.3) is 11.2 Å². The Morgan fingerprint density at radius 3 is 2.44 bits per heavy atom. The van der Waals surface area contributed by atoms with Gasteiger partial charge in [-0.05, 0) is 30.7 Å². The van der Waals surface area contributed by atoms with Crippen molar-refractivity contribution in [2.45, 2.75) is 84.5 Å². The second-order valence-corrected chi connectivity index (χ2v) is 9.79. The minimum atomic E-state index is -0.508. The average Bonchev–Trinajstić information content (AvgIpc) is 3.08. The highest BCUT2D eigenvalue weighted by Gasteiger charge is 2.21. The Hall–Kier alpha value is -3.16. The van der Waals surface area contributed by atoms with Crippen molar-refractivity contribution in [2.75, 3.05) is 0 Å². The molecule has 4 rings (SSSR count). The number of hydrogen-bond acceptors (Lipinski definition) is 4. The van der Waals surface area contributed by atoms with E-state index in [1.54, 1.807) is 6.33 Å². The topological polar surface area (TPSA) is 90.9 Å². The van der Waals surface area contributed by atoms with Gasteiger partial charge in [-0.1, -0.05) is 69.9 Å². The number of aryl methyl sites for hydroxylation is 1. The van der Waals surface area contributed by atoms with Crippen LogP contribution in [0.5, 0.6) is 0 Å². The first-order valence-electron chi connectivity index (χ1n) is 12.5. The molecule has 1 aromatic carbocycles. The number of fused-ring (bicyclic) bond motifs is 1. The highest BCUT2D eigenvalue weighted by Crippen LogP contribution is 2.17. The summed E-state index contributed by atoms with van der Waals surface area (Å²) >= 11 is 0. The second-order valence-electron chi connectivity index (χ2n) is 9.79. The van der Waals surface area contributed by atoms with Gasteiger partial charge in [-0.2, -0.15) is 0 Å². The van der Waals surface area contributed by atoms with Crippen molar-refractivity contribution >= 4 is 17.1 Å². The van der Waals surface area contributed by atoms with Crippen molar-refractivity contribution in [3.8, 4) is 0 Å². The first-order chi connectivity index (χ1) is 16.4. The summed E-state index contributed by atoms with van der Waals surface area (Å²) in [6.07, 6.45) is 8.96. The molecule has 0 spiro atoms. The lowest BCUT2D eigenvalue weighted by Crippen LogP contribution is -2.46. The second kappa shape index (κ2) is 10.8. The van der Waals surface area contributed by atoms with Crippen molar-refractivity contribution in [1.82, 2.24) is 24.0 Å². The van der Waals surface area contributed by atoms with Gasteiger partial charge in [-0.25, -0.2) is 14.3 Å². The molecule has 0 unspecified atom stereocenters. The summed E-state index contributed by atoms with van der Waals surface area (Å²) in [7, 11) is 0. The summed E-state index contributed by atoms with van der Waals surface area (Å²) in [5.74, 6) is 0.171. The molecule has 0 aliphatic heterocycles. The lowest BCUT2D eigenvalue weighted by Gasteiger charge is -2.17. The molecule has 1 N–H and O–H groups in total. The van der Waals surface area contributed by atoms with Crippen molar-refractivity contribution in [2.24, 2.45) is 5.92 Å². The maximum absolute atomic E-state index is 13.5. The molecule has 0 saturated heterocycles. The van der Waals surface area contributed by atoms with E-state index in [1.807, 2.05) is 34.9 Å². The van der Waals surface area contributed by atoms with Crippen LogP contribution in [0, 0.1) is 5.92 Å². The first kappa shape index (κ1) is 24.0. The van der Waals surface area contributed by atoms with Crippen molar-refractivity contribution in [1.29, 1.82) is 0 Å². The fourth-order valence-electron chi connectivity index (χ4n) is 4.69. The minimum absolute atomic E-state index is 0.109. The van der Waals surface area contributed by atoms with Crippen molar-refractivity contribution < 1.29 is 4.79 Å². The Bertz CT molecular complexity index is 1230. The molecule has 1 fully saturated rings. The number of benzene rings is 1. The molecule has 182 valence electrons. The maximum Gasteiger partial charge on any atom is 0.333 e. The van der Waals surface area contributed by atoms with Crippen LogP contribution in [0.4, 0.5) is 0 Å². The summed E-state index contributed by atoms with van der Waals surface area (Å²) in [5.41, 5.74) is 0.699. The SMILES string of the molecule is CC(C)CCn1cnc2c1c(=O)n(CC(=O)NC1CCCCCC1)c(=O)n2Cc1ccccc1. The van der Waals surface area contributed by atoms with Crippen LogP contribution in [0.3, 0.4) is 0 Å². The normalized spacial score (nSPS) is 15.0. The third kappa shape index (κ3) is 5.48. The summed E-state index contributed by atoms with van der Waals surface area (Å²) in [6, 6.07) is 9.72. The van der Waals surface area contributed by atoms with E-state index in [0.717, 1.165) is 42.2 Å². The summed E-state index contributed by atoms with van der Waals surface area (Å²) in [6.45, 7) is 4.87. The number of rotatable bonds is 8. The number of aromatic nitrogens is 4. The van der Waals surface area contributed by atoms with Crippen LogP contribution >= 0.6 is 0 Å². The van der Waals surface area contributed by atoms with Crippen molar-refractivity contribution in [3.63, 3.8) is 0 Å². The Balaban J connectivity index is 1.72. The van der Waals surface area contributed by atoms with E-state index < -0.39 is 11.2 Å². The lowest BCUT2D eigenvalue weighted by molar-refractivity contribution is -0.122. The number of carbonyl (C=O) groups excluding carboxylic acids is 1. The maximum atomic E-state index is 13.5. The van der Waals surface area contributed by atoms with Gasteiger partial charge < -0.3 is 9.88 Å². The molecule has 0 radical (unpaired) electrons. The van der Waals surface area contributed by atoms with Gasteiger partial charge in [0.2, 0.25) is 5.91 Å². The van der Waals surface area contributed by atoms with Gasteiger partial charge in [-0.15, -0.1) is 0 Å². The number of imidazole rings is 1. The number of hydrogen-bond donors (Lipinski definition) is 1. The van der Waals surface area contributed by atoms with Crippen LogP contribution in [-0.2, 0) is 24.4 Å². The fourth-order valence-corrected chi connectivity index (χ4v) is 4.69. The van der Waals surface area contributed by atoms with E-state index >= 15 is 0 Å². The smallest absolute Gasteiger partial charge is 0.333 e. The molecule has 0 atom stereocenters. The quantitative estimate of drug-likeness (QED) is 0.517. The number of carbonyl (C=O) groups is 1. The molecule has 34 heavy (non-hydrogen) atoms. The Labute approximate surface area is 199 Å². The molecule has 3 aromatic rings. The van der Waals surface area contributed by atoms with Crippen LogP contribution in [0.2, 0.25) is 0 Å². The van der Waals surface area contributed by atoms with Gasteiger partial charge in [0, 0.05) is 12.6 Å². The van der Waals surface area contributed by atoms with E-state index in [4.69, 9.17) is 0 Å². The molecule has 1 amide bonds. The van der Waals surface area contributed by atoms with Gasteiger partial charge >= 0.3 is 5.69 Å². The summed E-state index contributed by atoms with van der Waals surface area (Å²) in [4.78, 5) is 44.3. The highest BCUT2D eigenvalue weighted by molar-refractivity contribution is 5.77. The monoisotopic (exact) mass is 465 g/mol. The minimum Gasteiger partial charge on any atom is -0.352 e. The van der Waals surface area contributed by atoms with Gasteiger partial charge in [-0.3, -0.25) is 14.2 Å². The third-order valence-corrected chi connectivity index (χ3v) is 6.64. The number of amides is 1. The summed E-state index contributed by atoms with van der Waals surface area (Å²) < 4.78 is 4.40. The van der Waals surface area contributed by atoms with Crippen LogP contribution in [0.15, 0.2) is 46.2 Å². The largest absolute Gasteiger partial charge is 0.352 e. The van der Waals surface area contributed by atoms with E-state index in [1.165, 1.54) is 17.4 Å².